The average molecular weight is 248 g/mol. The molecular weight excluding hydrogens is 224 g/mol. The number of aliphatic hydroxyl groups excluding tert-OH is 1. The second-order valence-corrected chi connectivity index (χ2v) is 11.0. The molecule has 94 valence electrons. The maximum Gasteiger partial charge on any atom is 0.0859 e. The average Bonchev–Trinajstić information content (AvgIpc) is 3.03. The highest BCUT2D eigenvalue weighted by atomic mass is 28.3. The third kappa shape index (κ3) is 2.80. The van der Waals surface area contributed by atoms with Crippen molar-refractivity contribution in [3.8, 4) is 0 Å². The molecule has 17 heavy (non-hydrogen) atoms. The summed E-state index contributed by atoms with van der Waals surface area (Å²) in [6, 6.07) is 10.8. The monoisotopic (exact) mass is 248 g/mol. The van der Waals surface area contributed by atoms with Gasteiger partial charge in [0.15, 0.2) is 0 Å². The number of hydrogen-bond acceptors (Lipinski definition) is 1. The van der Waals surface area contributed by atoms with E-state index in [1.165, 1.54) is 18.0 Å². The van der Waals surface area contributed by atoms with E-state index in [1.54, 1.807) is 0 Å². The van der Waals surface area contributed by atoms with E-state index in [2.05, 4.69) is 50.3 Å². The Morgan fingerprint density at radius 2 is 1.88 bits per heavy atom. The lowest BCUT2D eigenvalue weighted by atomic mass is 10.2. The topological polar surface area (TPSA) is 20.2 Å². The minimum atomic E-state index is -1.51. The molecule has 0 spiro atoms. The van der Waals surface area contributed by atoms with Gasteiger partial charge in [-0.25, -0.2) is 0 Å². The summed E-state index contributed by atoms with van der Waals surface area (Å²) in [5.41, 5.74) is 0.514. The van der Waals surface area contributed by atoms with Crippen LogP contribution in [0.15, 0.2) is 30.3 Å². The summed E-state index contributed by atoms with van der Waals surface area (Å²) in [6.45, 7) is 7.49. The zero-order chi connectivity index (χ0) is 12.5. The van der Waals surface area contributed by atoms with Crippen molar-refractivity contribution in [1.82, 2.24) is 0 Å². The summed E-state index contributed by atoms with van der Waals surface area (Å²) in [5.74, 6) is 1.77. The summed E-state index contributed by atoms with van der Waals surface area (Å²) in [7, 11) is -1.51. The van der Waals surface area contributed by atoms with Crippen molar-refractivity contribution in [3.63, 3.8) is 0 Å². The van der Waals surface area contributed by atoms with Gasteiger partial charge >= 0.3 is 0 Å². The van der Waals surface area contributed by atoms with Crippen LogP contribution in [0.1, 0.15) is 19.8 Å². The zero-order valence-electron chi connectivity index (χ0n) is 11.2. The molecule has 0 bridgehead atoms. The second kappa shape index (κ2) is 4.95. The fourth-order valence-electron chi connectivity index (χ4n) is 2.79. The quantitative estimate of drug-likeness (QED) is 0.794. The highest BCUT2D eigenvalue weighted by Gasteiger charge is 2.40. The molecule has 1 fully saturated rings. The Morgan fingerprint density at radius 1 is 1.29 bits per heavy atom. The molecule has 0 heterocycles. The Labute approximate surface area is 106 Å². The van der Waals surface area contributed by atoms with Crippen LogP contribution in [0.2, 0.25) is 18.6 Å². The molecule has 0 aromatic heterocycles. The van der Waals surface area contributed by atoms with Crippen LogP contribution in [-0.2, 0) is 0 Å². The van der Waals surface area contributed by atoms with Crippen LogP contribution in [-0.4, -0.2) is 19.8 Å². The largest absolute Gasteiger partial charge is 0.396 e. The maximum atomic E-state index is 9.72. The lowest BCUT2D eigenvalue weighted by Gasteiger charge is -2.32. The van der Waals surface area contributed by atoms with E-state index in [0.29, 0.717) is 12.1 Å². The summed E-state index contributed by atoms with van der Waals surface area (Å²) in [5, 5.41) is 11.2. The van der Waals surface area contributed by atoms with Gasteiger partial charge in [-0.15, -0.1) is 0 Å². The Hall–Kier alpha value is -0.603. The van der Waals surface area contributed by atoms with Crippen molar-refractivity contribution in [1.29, 1.82) is 0 Å². The zero-order valence-corrected chi connectivity index (χ0v) is 12.2. The van der Waals surface area contributed by atoms with Gasteiger partial charge in [-0.1, -0.05) is 55.5 Å². The van der Waals surface area contributed by atoms with E-state index in [-0.39, 0.29) is 0 Å². The van der Waals surface area contributed by atoms with Gasteiger partial charge in [0.05, 0.1) is 8.07 Å². The van der Waals surface area contributed by atoms with Crippen LogP contribution < -0.4 is 5.19 Å². The molecule has 0 aliphatic heterocycles. The van der Waals surface area contributed by atoms with Gasteiger partial charge in [-0.2, -0.15) is 0 Å². The van der Waals surface area contributed by atoms with E-state index in [9.17, 15) is 5.11 Å². The second-order valence-electron chi connectivity index (χ2n) is 6.18. The van der Waals surface area contributed by atoms with E-state index < -0.39 is 8.07 Å². The Balaban J connectivity index is 2.11. The molecule has 0 unspecified atom stereocenters. The molecule has 1 saturated carbocycles. The molecule has 3 atom stereocenters. The van der Waals surface area contributed by atoms with Crippen LogP contribution in [0, 0.1) is 11.8 Å². The van der Waals surface area contributed by atoms with Crippen LogP contribution in [0.25, 0.3) is 0 Å². The summed E-state index contributed by atoms with van der Waals surface area (Å²) >= 11 is 0. The van der Waals surface area contributed by atoms with Crippen molar-refractivity contribution in [3.05, 3.63) is 30.3 Å². The third-order valence-corrected chi connectivity index (χ3v) is 8.90. The molecule has 2 heteroatoms. The molecule has 1 aliphatic carbocycles. The minimum absolute atomic E-state index is 0.358. The Kier molecular flexibility index (Phi) is 3.74. The maximum absolute atomic E-state index is 9.72. The number of aliphatic hydroxyl groups is 1. The van der Waals surface area contributed by atoms with Crippen molar-refractivity contribution >= 4 is 13.3 Å². The summed E-state index contributed by atoms with van der Waals surface area (Å²) in [4.78, 5) is 0. The SMILES string of the molecule is C[C@@H]1C[C@H]1C[C@@H](CO)[Si](C)(C)c1ccccc1. The van der Waals surface area contributed by atoms with Crippen molar-refractivity contribution in [2.75, 3.05) is 6.61 Å². The standard InChI is InChI=1S/C15H24OSi/c1-12-9-13(12)10-15(11-16)17(2,3)14-7-5-4-6-8-14/h4-8,12-13,15-16H,9-11H2,1-3H3/t12-,13+,15+/m1/s1. The molecule has 1 N–H and O–H groups in total. The van der Waals surface area contributed by atoms with Crippen molar-refractivity contribution < 1.29 is 5.11 Å². The molecule has 2 rings (SSSR count). The molecular formula is C15H24OSi. The highest BCUT2D eigenvalue weighted by Crippen LogP contribution is 2.45. The first-order chi connectivity index (χ1) is 8.05. The first kappa shape index (κ1) is 12.8. The minimum Gasteiger partial charge on any atom is -0.396 e. The lowest BCUT2D eigenvalue weighted by molar-refractivity contribution is 0.277. The van der Waals surface area contributed by atoms with Gasteiger partial charge < -0.3 is 5.11 Å². The van der Waals surface area contributed by atoms with Gasteiger partial charge in [0.25, 0.3) is 0 Å². The molecule has 1 aromatic carbocycles. The smallest absolute Gasteiger partial charge is 0.0859 e. The Morgan fingerprint density at radius 3 is 2.35 bits per heavy atom. The van der Waals surface area contributed by atoms with Gasteiger partial charge in [0.2, 0.25) is 0 Å². The third-order valence-electron chi connectivity index (χ3n) is 4.62. The molecule has 0 amide bonds. The summed E-state index contributed by atoms with van der Waals surface area (Å²) in [6.07, 6.45) is 2.60. The van der Waals surface area contributed by atoms with Crippen molar-refractivity contribution in [2.24, 2.45) is 11.8 Å². The summed E-state index contributed by atoms with van der Waals surface area (Å²) < 4.78 is 0. The number of hydrogen-bond donors (Lipinski definition) is 1. The van der Waals surface area contributed by atoms with Crippen LogP contribution in [0.3, 0.4) is 0 Å². The van der Waals surface area contributed by atoms with E-state index in [4.69, 9.17) is 0 Å². The van der Waals surface area contributed by atoms with Crippen LogP contribution in [0.5, 0.6) is 0 Å². The fraction of sp³-hybridized carbons (Fsp3) is 0.600. The van der Waals surface area contributed by atoms with Crippen LogP contribution in [0.4, 0.5) is 0 Å². The molecule has 1 nitrogen and oxygen atoms in total. The lowest BCUT2D eigenvalue weighted by Crippen LogP contribution is -2.47. The van der Waals surface area contributed by atoms with Gasteiger partial charge in [0, 0.05) is 6.61 Å². The molecule has 1 aromatic rings. The molecule has 0 radical (unpaired) electrons. The van der Waals surface area contributed by atoms with Gasteiger partial charge in [0.1, 0.15) is 0 Å². The predicted molar refractivity (Wildman–Crippen MR) is 76.3 cm³/mol. The highest BCUT2D eigenvalue weighted by molar-refractivity contribution is 6.91. The van der Waals surface area contributed by atoms with Crippen LogP contribution >= 0.6 is 0 Å². The van der Waals surface area contributed by atoms with E-state index in [1.807, 2.05) is 0 Å². The van der Waals surface area contributed by atoms with E-state index in [0.717, 1.165) is 11.8 Å². The van der Waals surface area contributed by atoms with E-state index >= 15 is 0 Å². The molecule has 1 aliphatic rings. The normalized spacial score (nSPS) is 25.6. The fourth-order valence-corrected chi connectivity index (χ4v) is 5.67. The van der Waals surface area contributed by atoms with Gasteiger partial charge in [-0.05, 0) is 30.2 Å². The Bertz CT molecular complexity index is 360. The van der Waals surface area contributed by atoms with Crippen molar-refractivity contribution in [2.45, 2.75) is 38.4 Å². The first-order valence-corrected chi connectivity index (χ1v) is 9.79. The first-order valence-electron chi connectivity index (χ1n) is 6.72. The predicted octanol–water partition coefficient (Wildman–Crippen LogP) is 3.01. The molecule has 0 saturated heterocycles. The number of rotatable bonds is 5. The number of benzene rings is 1. The van der Waals surface area contributed by atoms with Gasteiger partial charge in [-0.3, -0.25) is 0 Å².